The number of anilines is 3. The average molecular weight is 284 g/mol. The van der Waals surface area contributed by atoms with Crippen molar-refractivity contribution >= 4 is 17.1 Å². The van der Waals surface area contributed by atoms with Crippen LogP contribution in [0.15, 0.2) is 42.5 Å². The van der Waals surface area contributed by atoms with Crippen LogP contribution in [0.1, 0.15) is 38.7 Å². The summed E-state index contributed by atoms with van der Waals surface area (Å²) in [5.41, 5.74) is 10.0. The summed E-state index contributed by atoms with van der Waals surface area (Å²) in [7, 11) is 0. The number of para-hydroxylation sites is 1. The first-order chi connectivity index (χ1) is 10.1. The predicted octanol–water partition coefficient (Wildman–Crippen LogP) is 4.92. The quantitative estimate of drug-likeness (QED) is 0.740. The van der Waals surface area contributed by atoms with Crippen LogP contribution in [0, 0.1) is 0 Å². The van der Waals surface area contributed by atoms with Crippen LogP contribution >= 0.6 is 0 Å². The second-order valence-electron chi connectivity index (χ2n) is 5.51. The maximum absolute atomic E-state index is 5.96. The van der Waals surface area contributed by atoms with Crippen molar-refractivity contribution in [1.29, 1.82) is 0 Å². The van der Waals surface area contributed by atoms with Gasteiger partial charge in [-0.1, -0.05) is 39.0 Å². The van der Waals surface area contributed by atoms with Crippen molar-refractivity contribution in [3.63, 3.8) is 0 Å². The lowest BCUT2D eigenvalue weighted by Gasteiger charge is -2.16. The van der Waals surface area contributed by atoms with Gasteiger partial charge in [0.1, 0.15) is 5.75 Å². The molecule has 0 bridgehead atoms. The molecule has 0 aliphatic rings. The molecule has 0 aliphatic carbocycles. The molecule has 0 aliphatic heterocycles. The molecule has 112 valence electrons. The molecule has 0 saturated carbocycles. The fourth-order valence-electron chi connectivity index (χ4n) is 2.27. The van der Waals surface area contributed by atoms with E-state index >= 15 is 0 Å². The van der Waals surface area contributed by atoms with Crippen LogP contribution in [-0.4, -0.2) is 6.61 Å². The van der Waals surface area contributed by atoms with Gasteiger partial charge in [-0.3, -0.25) is 0 Å². The molecule has 0 heterocycles. The molecule has 0 atom stereocenters. The molecule has 2 rings (SSSR count). The summed E-state index contributed by atoms with van der Waals surface area (Å²) < 4.78 is 5.67. The third-order valence-electron chi connectivity index (χ3n) is 3.26. The third kappa shape index (κ3) is 4.15. The highest BCUT2D eigenvalue weighted by Gasteiger charge is 2.07. The maximum atomic E-state index is 5.96. The van der Waals surface area contributed by atoms with E-state index in [1.54, 1.807) is 0 Å². The van der Waals surface area contributed by atoms with Crippen LogP contribution in [0.5, 0.6) is 5.75 Å². The third-order valence-corrected chi connectivity index (χ3v) is 3.26. The Hall–Kier alpha value is -2.16. The van der Waals surface area contributed by atoms with E-state index in [0.717, 1.165) is 23.5 Å². The van der Waals surface area contributed by atoms with Gasteiger partial charge in [0.2, 0.25) is 0 Å². The number of nitrogen functional groups attached to an aromatic ring is 1. The second-order valence-corrected chi connectivity index (χ2v) is 5.51. The molecule has 21 heavy (non-hydrogen) atoms. The van der Waals surface area contributed by atoms with Crippen molar-refractivity contribution in [3.05, 3.63) is 48.0 Å². The fourth-order valence-corrected chi connectivity index (χ4v) is 2.27. The van der Waals surface area contributed by atoms with E-state index in [2.05, 4.69) is 44.3 Å². The lowest BCUT2D eigenvalue weighted by Crippen LogP contribution is -2.00. The highest BCUT2D eigenvalue weighted by molar-refractivity contribution is 5.68. The van der Waals surface area contributed by atoms with Gasteiger partial charge in [-0.15, -0.1) is 0 Å². The molecule has 0 unspecified atom stereocenters. The van der Waals surface area contributed by atoms with E-state index < -0.39 is 0 Å². The van der Waals surface area contributed by atoms with E-state index in [0.29, 0.717) is 18.2 Å². The molecular weight excluding hydrogens is 260 g/mol. The van der Waals surface area contributed by atoms with Gasteiger partial charge in [-0.25, -0.2) is 0 Å². The minimum atomic E-state index is 0.463. The molecule has 3 heteroatoms. The first-order valence-corrected chi connectivity index (χ1v) is 7.49. The van der Waals surface area contributed by atoms with Crippen LogP contribution in [0.2, 0.25) is 0 Å². The Morgan fingerprint density at radius 1 is 1.14 bits per heavy atom. The Bertz CT molecular complexity index is 594. The van der Waals surface area contributed by atoms with Crippen molar-refractivity contribution in [2.75, 3.05) is 17.7 Å². The van der Waals surface area contributed by atoms with Crippen molar-refractivity contribution in [1.82, 2.24) is 0 Å². The maximum Gasteiger partial charge on any atom is 0.123 e. The van der Waals surface area contributed by atoms with Crippen molar-refractivity contribution in [2.45, 2.75) is 33.1 Å². The number of nitrogens with one attached hydrogen (secondary N) is 1. The lowest BCUT2D eigenvalue weighted by atomic mass is 10.0. The molecule has 0 amide bonds. The zero-order valence-electron chi connectivity index (χ0n) is 13.0. The van der Waals surface area contributed by atoms with E-state index in [1.165, 1.54) is 5.56 Å². The molecule has 0 fully saturated rings. The monoisotopic (exact) mass is 284 g/mol. The number of hydrogen-bond acceptors (Lipinski definition) is 3. The molecule has 3 N–H and O–H groups in total. The molecule has 2 aromatic carbocycles. The van der Waals surface area contributed by atoms with Crippen LogP contribution < -0.4 is 15.8 Å². The highest BCUT2D eigenvalue weighted by Crippen LogP contribution is 2.30. The number of benzene rings is 2. The van der Waals surface area contributed by atoms with Crippen molar-refractivity contribution < 1.29 is 4.74 Å². The fraction of sp³-hybridized carbons (Fsp3) is 0.333. The van der Waals surface area contributed by atoms with Gasteiger partial charge < -0.3 is 15.8 Å². The Kier molecular flexibility index (Phi) is 5.09. The summed E-state index contributed by atoms with van der Waals surface area (Å²) in [6.45, 7) is 7.17. The lowest BCUT2D eigenvalue weighted by molar-refractivity contribution is 0.318. The van der Waals surface area contributed by atoms with Gasteiger partial charge in [0.25, 0.3) is 0 Å². The first kappa shape index (κ1) is 15.2. The number of nitrogens with two attached hydrogens (primary N) is 1. The van der Waals surface area contributed by atoms with Crippen LogP contribution in [0.4, 0.5) is 17.1 Å². The minimum absolute atomic E-state index is 0.463. The van der Waals surface area contributed by atoms with Gasteiger partial charge in [0.15, 0.2) is 0 Å². The number of rotatable bonds is 6. The SMILES string of the molecule is CCCOc1cc(N)cc(Nc2ccccc2C(C)C)c1. The van der Waals surface area contributed by atoms with E-state index in [1.807, 2.05) is 24.3 Å². The van der Waals surface area contributed by atoms with Gasteiger partial charge in [0.05, 0.1) is 6.61 Å². The first-order valence-electron chi connectivity index (χ1n) is 7.49. The molecule has 3 nitrogen and oxygen atoms in total. The highest BCUT2D eigenvalue weighted by atomic mass is 16.5. The van der Waals surface area contributed by atoms with Crippen LogP contribution in [0.25, 0.3) is 0 Å². The number of ether oxygens (including phenoxy) is 1. The molecule has 0 saturated heterocycles. The van der Waals surface area contributed by atoms with E-state index in [9.17, 15) is 0 Å². The summed E-state index contributed by atoms with van der Waals surface area (Å²) in [5, 5.41) is 3.45. The largest absolute Gasteiger partial charge is 0.493 e. The van der Waals surface area contributed by atoms with Crippen LogP contribution in [-0.2, 0) is 0 Å². The Labute approximate surface area is 127 Å². The van der Waals surface area contributed by atoms with Gasteiger partial charge in [-0.05, 0) is 30.0 Å². The zero-order chi connectivity index (χ0) is 15.2. The van der Waals surface area contributed by atoms with Gasteiger partial charge >= 0.3 is 0 Å². The summed E-state index contributed by atoms with van der Waals surface area (Å²) >= 11 is 0. The standard InChI is InChI=1S/C18H24N2O/c1-4-9-21-16-11-14(19)10-15(12-16)20-18-8-6-5-7-17(18)13(2)3/h5-8,10-13,20H,4,9,19H2,1-3H3. The topological polar surface area (TPSA) is 47.3 Å². The molecule has 0 radical (unpaired) electrons. The molecule has 0 spiro atoms. The zero-order valence-corrected chi connectivity index (χ0v) is 13.0. The Morgan fingerprint density at radius 2 is 1.90 bits per heavy atom. The summed E-state index contributed by atoms with van der Waals surface area (Å²) in [6.07, 6.45) is 0.980. The van der Waals surface area contributed by atoms with Gasteiger partial charge in [0, 0.05) is 29.2 Å². The molecule has 2 aromatic rings. The predicted molar refractivity (Wildman–Crippen MR) is 90.5 cm³/mol. The number of hydrogen-bond donors (Lipinski definition) is 2. The summed E-state index contributed by atoms with van der Waals surface area (Å²) in [6, 6.07) is 14.1. The van der Waals surface area contributed by atoms with Gasteiger partial charge in [-0.2, -0.15) is 0 Å². The Morgan fingerprint density at radius 3 is 2.62 bits per heavy atom. The molecule has 0 aromatic heterocycles. The second kappa shape index (κ2) is 7.02. The normalized spacial score (nSPS) is 10.7. The Balaban J connectivity index is 2.25. The van der Waals surface area contributed by atoms with E-state index in [4.69, 9.17) is 10.5 Å². The minimum Gasteiger partial charge on any atom is -0.493 e. The van der Waals surface area contributed by atoms with Crippen molar-refractivity contribution in [2.24, 2.45) is 0 Å². The molecular formula is C18H24N2O. The summed E-state index contributed by atoms with van der Waals surface area (Å²) in [5.74, 6) is 1.27. The average Bonchev–Trinajstić information content (AvgIpc) is 2.45. The van der Waals surface area contributed by atoms with E-state index in [-0.39, 0.29) is 0 Å². The summed E-state index contributed by atoms with van der Waals surface area (Å²) in [4.78, 5) is 0. The van der Waals surface area contributed by atoms with Crippen molar-refractivity contribution in [3.8, 4) is 5.75 Å². The smallest absolute Gasteiger partial charge is 0.123 e. The van der Waals surface area contributed by atoms with Crippen LogP contribution in [0.3, 0.4) is 0 Å².